The molecule has 1 spiro atoms. The highest BCUT2D eigenvalue weighted by Crippen LogP contribution is 2.59. The minimum absolute atomic E-state index is 0.170. The van der Waals surface area contributed by atoms with E-state index in [4.69, 9.17) is 0 Å². The molecule has 2 aliphatic rings. The fourth-order valence-electron chi connectivity index (χ4n) is 3.29. The summed E-state index contributed by atoms with van der Waals surface area (Å²) in [4.78, 5) is 12.5. The van der Waals surface area contributed by atoms with Crippen molar-refractivity contribution in [3.63, 3.8) is 0 Å². The zero-order valence-corrected chi connectivity index (χ0v) is 10.6. The Morgan fingerprint density at radius 2 is 2.11 bits per heavy atom. The van der Waals surface area contributed by atoms with Crippen molar-refractivity contribution >= 4 is 5.78 Å². The van der Waals surface area contributed by atoms with E-state index in [0.29, 0.717) is 5.56 Å². The molecule has 2 fully saturated rings. The molecule has 2 nitrogen and oxygen atoms in total. The van der Waals surface area contributed by atoms with Crippen LogP contribution in [-0.4, -0.2) is 18.9 Å². The van der Waals surface area contributed by atoms with Crippen LogP contribution >= 0.6 is 0 Å². The summed E-state index contributed by atoms with van der Waals surface area (Å²) in [5.41, 5.74) is 1.72. The molecule has 1 aliphatic carbocycles. The Morgan fingerprint density at radius 1 is 1.39 bits per heavy atom. The molecule has 0 bridgehead atoms. The van der Waals surface area contributed by atoms with Gasteiger partial charge < -0.3 is 5.32 Å². The number of halogens is 1. The predicted molar refractivity (Wildman–Crippen MR) is 68.1 cm³/mol. The number of Topliss-reactive ketones (excluding diaryl/α,β-unsaturated/α-hetero) is 1. The van der Waals surface area contributed by atoms with Crippen LogP contribution in [0.5, 0.6) is 0 Å². The summed E-state index contributed by atoms with van der Waals surface area (Å²) in [7, 11) is 0. The molecule has 1 heterocycles. The highest BCUT2D eigenvalue weighted by Gasteiger charge is 2.57. The van der Waals surface area contributed by atoms with Gasteiger partial charge in [-0.25, -0.2) is 4.39 Å². The van der Waals surface area contributed by atoms with Gasteiger partial charge in [-0.15, -0.1) is 0 Å². The number of hydrogen-bond acceptors (Lipinski definition) is 2. The van der Waals surface area contributed by atoms with Crippen molar-refractivity contribution < 1.29 is 9.18 Å². The number of carbonyl (C=O) groups excluding carboxylic acids is 1. The number of carbonyl (C=O) groups is 1. The van der Waals surface area contributed by atoms with E-state index in [1.807, 2.05) is 6.92 Å². The Labute approximate surface area is 107 Å². The largest absolute Gasteiger partial charge is 0.317 e. The normalized spacial score (nSPS) is 25.1. The molecular formula is C15H18FNO. The first kappa shape index (κ1) is 11.8. The third kappa shape index (κ3) is 1.87. The topological polar surface area (TPSA) is 29.1 Å². The van der Waals surface area contributed by atoms with E-state index in [9.17, 15) is 9.18 Å². The minimum atomic E-state index is -0.267. The first-order chi connectivity index (χ1) is 8.62. The number of ketones is 1. The lowest BCUT2D eigenvalue weighted by Crippen LogP contribution is -2.30. The van der Waals surface area contributed by atoms with E-state index in [0.717, 1.165) is 37.9 Å². The average molecular weight is 247 g/mol. The molecule has 18 heavy (non-hydrogen) atoms. The van der Waals surface area contributed by atoms with Crippen LogP contribution in [0.25, 0.3) is 0 Å². The first-order valence-corrected chi connectivity index (χ1v) is 6.63. The number of benzene rings is 1. The molecule has 1 aromatic carbocycles. The second-order valence-corrected chi connectivity index (χ2v) is 5.69. The molecule has 0 amide bonds. The van der Waals surface area contributed by atoms with Gasteiger partial charge in [-0.3, -0.25) is 4.79 Å². The van der Waals surface area contributed by atoms with Gasteiger partial charge in [0.15, 0.2) is 5.78 Å². The van der Waals surface area contributed by atoms with E-state index in [-0.39, 0.29) is 22.9 Å². The van der Waals surface area contributed by atoms with Gasteiger partial charge in [-0.1, -0.05) is 0 Å². The van der Waals surface area contributed by atoms with Crippen LogP contribution in [0, 0.1) is 24.1 Å². The van der Waals surface area contributed by atoms with E-state index < -0.39 is 0 Å². The van der Waals surface area contributed by atoms with Gasteiger partial charge in [0.1, 0.15) is 5.82 Å². The first-order valence-electron chi connectivity index (χ1n) is 6.63. The Bertz CT molecular complexity index is 491. The van der Waals surface area contributed by atoms with Crippen molar-refractivity contribution in [2.24, 2.45) is 11.3 Å². The molecular weight excluding hydrogens is 229 g/mol. The maximum atomic E-state index is 13.1. The zero-order chi connectivity index (χ0) is 12.8. The minimum Gasteiger partial charge on any atom is -0.317 e. The number of rotatable bonds is 2. The zero-order valence-electron chi connectivity index (χ0n) is 10.6. The van der Waals surface area contributed by atoms with Gasteiger partial charge >= 0.3 is 0 Å². The highest BCUT2D eigenvalue weighted by molar-refractivity contribution is 6.01. The van der Waals surface area contributed by atoms with Crippen LogP contribution in [0.15, 0.2) is 18.2 Å². The summed E-state index contributed by atoms with van der Waals surface area (Å²) in [6.45, 7) is 3.85. The van der Waals surface area contributed by atoms with Crippen molar-refractivity contribution in [1.29, 1.82) is 0 Å². The van der Waals surface area contributed by atoms with Crippen LogP contribution in [0.3, 0.4) is 0 Å². The summed E-state index contributed by atoms with van der Waals surface area (Å²) in [6.07, 6.45) is 3.22. The standard InChI is InChI=1S/C15H18FNO/c1-10-8-11(16)2-3-12(10)14(18)13-9-15(13)4-6-17-7-5-15/h2-3,8,13,17H,4-7,9H2,1H3. The lowest BCUT2D eigenvalue weighted by Gasteiger charge is -2.23. The van der Waals surface area contributed by atoms with Crippen LogP contribution in [0.1, 0.15) is 35.2 Å². The van der Waals surface area contributed by atoms with Crippen LogP contribution in [0.4, 0.5) is 4.39 Å². The maximum absolute atomic E-state index is 13.1. The van der Waals surface area contributed by atoms with Gasteiger partial charge in [0.2, 0.25) is 0 Å². The lowest BCUT2D eigenvalue weighted by molar-refractivity contribution is 0.0940. The third-order valence-corrected chi connectivity index (χ3v) is 4.56. The quantitative estimate of drug-likeness (QED) is 0.814. The summed E-state index contributed by atoms with van der Waals surface area (Å²) < 4.78 is 13.1. The van der Waals surface area contributed by atoms with Gasteiger partial charge in [0.25, 0.3) is 0 Å². The van der Waals surface area contributed by atoms with Crippen LogP contribution in [0.2, 0.25) is 0 Å². The van der Waals surface area contributed by atoms with E-state index >= 15 is 0 Å². The lowest BCUT2D eigenvalue weighted by atomic mass is 9.88. The Balaban J connectivity index is 1.80. The van der Waals surface area contributed by atoms with Crippen molar-refractivity contribution in [2.75, 3.05) is 13.1 Å². The number of nitrogens with one attached hydrogen (secondary N) is 1. The number of piperidine rings is 1. The second-order valence-electron chi connectivity index (χ2n) is 5.69. The average Bonchev–Trinajstić information content (AvgIpc) is 3.03. The van der Waals surface area contributed by atoms with Crippen molar-refractivity contribution in [2.45, 2.75) is 26.2 Å². The molecule has 1 unspecified atom stereocenters. The Morgan fingerprint density at radius 3 is 2.78 bits per heavy atom. The molecule has 0 radical (unpaired) electrons. The molecule has 1 aromatic rings. The van der Waals surface area contributed by atoms with Crippen molar-refractivity contribution in [3.8, 4) is 0 Å². The van der Waals surface area contributed by atoms with Gasteiger partial charge in [0, 0.05) is 11.5 Å². The van der Waals surface area contributed by atoms with Crippen LogP contribution < -0.4 is 5.32 Å². The SMILES string of the molecule is Cc1cc(F)ccc1C(=O)C1CC12CCNCC2. The van der Waals surface area contributed by atoms with Gasteiger partial charge in [-0.05, 0) is 68.5 Å². The van der Waals surface area contributed by atoms with E-state index in [2.05, 4.69) is 5.32 Å². The van der Waals surface area contributed by atoms with Gasteiger partial charge in [0.05, 0.1) is 0 Å². The van der Waals surface area contributed by atoms with Crippen LogP contribution in [-0.2, 0) is 0 Å². The monoisotopic (exact) mass is 247 g/mol. The Kier molecular flexibility index (Phi) is 2.74. The highest BCUT2D eigenvalue weighted by atomic mass is 19.1. The molecule has 0 aromatic heterocycles. The molecule has 3 heteroatoms. The number of aryl methyl sites for hydroxylation is 1. The fraction of sp³-hybridized carbons (Fsp3) is 0.533. The maximum Gasteiger partial charge on any atom is 0.166 e. The molecule has 1 saturated heterocycles. The van der Waals surface area contributed by atoms with E-state index in [1.165, 1.54) is 12.1 Å². The second kappa shape index (κ2) is 4.16. The molecule has 3 rings (SSSR count). The summed E-state index contributed by atoms with van der Waals surface area (Å²) >= 11 is 0. The van der Waals surface area contributed by atoms with Gasteiger partial charge in [-0.2, -0.15) is 0 Å². The predicted octanol–water partition coefficient (Wildman–Crippen LogP) is 2.71. The summed E-state index contributed by atoms with van der Waals surface area (Å²) in [5, 5.41) is 3.34. The van der Waals surface area contributed by atoms with Crippen molar-refractivity contribution in [3.05, 3.63) is 35.1 Å². The van der Waals surface area contributed by atoms with Crippen molar-refractivity contribution in [1.82, 2.24) is 5.32 Å². The fourth-order valence-corrected chi connectivity index (χ4v) is 3.29. The summed E-state index contributed by atoms with van der Waals surface area (Å²) in [5.74, 6) is 0.120. The molecule has 1 N–H and O–H groups in total. The molecule has 96 valence electrons. The Hall–Kier alpha value is -1.22. The molecule has 1 saturated carbocycles. The molecule has 1 aliphatic heterocycles. The summed E-state index contributed by atoms with van der Waals surface area (Å²) in [6, 6.07) is 4.47. The smallest absolute Gasteiger partial charge is 0.166 e. The molecule has 1 atom stereocenters. The number of hydrogen-bond donors (Lipinski definition) is 1. The third-order valence-electron chi connectivity index (χ3n) is 4.56. The van der Waals surface area contributed by atoms with E-state index in [1.54, 1.807) is 6.07 Å².